The molecule has 2 aromatic rings. The Hall–Kier alpha value is -0.930. The van der Waals surface area contributed by atoms with Gasteiger partial charge in [-0.25, -0.2) is 0 Å². The Balaban J connectivity index is 2.04. The Morgan fingerprint density at radius 3 is 1.86 bits per heavy atom. The fraction of sp³-hybridized carbons (Fsp3) is 0.133. The molecule has 2 aromatic carbocycles. The van der Waals surface area contributed by atoms with Crippen LogP contribution >= 0.6 is 46.4 Å². The van der Waals surface area contributed by atoms with Crippen molar-refractivity contribution in [2.24, 2.45) is 0 Å². The van der Waals surface area contributed by atoms with E-state index < -0.39 is 10.8 Å². The Morgan fingerprint density at radius 2 is 1.33 bits per heavy atom. The highest BCUT2D eigenvalue weighted by atomic mass is 35.5. The van der Waals surface area contributed by atoms with Crippen molar-refractivity contribution >= 4 is 58.0 Å². The van der Waals surface area contributed by atoms with E-state index in [9.17, 15) is 4.79 Å². The lowest BCUT2D eigenvalue weighted by Gasteiger charge is -2.16. The second-order valence-corrected chi connectivity index (χ2v) is 6.16. The topological polar surface area (TPSA) is 29.1 Å². The molecule has 0 saturated heterocycles. The van der Waals surface area contributed by atoms with Crippen LogP contribution in [0.25, 0.3) is 0 Å². The summed E-state index contributed by atoms with van der Waals surface area (Å²) >= 11 is 24.0. The molecule has 0 aliphatic carbocycles. The van der Waals surface area contributed by atoms with Gasteiger partial charge in [0.15, 0.2) is 0 Å². The number of rotatable bonds is 4. The van der Waals surface area contributed by atoms with E-state index in [0.717, 1.165) is 5.56 Å². The van der Waals surface area contributed by atoms with Crippen LogP contribution < -0.4 is 5.32 Å². The van der Waals surface area contributed by atoms with Crippen molar-refractivity contribution in [3.05, 3.63) is 64.1 Å². The van der Waals surface area contributed by atoms with Gasteiger partial charge < -0.3 is 5.32 Å². The van der Waals surface area contributed by atoms with Gasteiger partial charge in [-0.15, -0.1) is 23.2 Å². The van der Waals surface area contributed by atoms with Crippen LogP contribution in [-0.4, -0.2) is 11.3 Å². The standard InChI is InChI=1S/C15H11Cl4NO/c16-10-3-1-9(2-4-10)13(18)14(19)15(21)20-12-7-5-11(17)6-8-12/h1-8,13-14H,(H,20,21)/t13-,14+/m1/s1. The maximum Gasteiger partial charge on any atom is 0.244 e. The van der Waals surface area contributed by atoms with Crippen molar-refractivity contribution in [1.82, 2.24) is 0 Å². The van der Waals surface area contributed by atoms with Gasteiger partial charge >= 0.3 is 0 Å². The summed E-state index contributed by atoms with van der Waals surface area (Å²) in [6.45, 7) is 0. The van der Waals surface area contributed by atoms with Crippen LogP contribution in [0.3, 0.4) is 0 Å². The summed E-state index contributed by atoms with van der Waals surface area (Å²) in [6.07, 6.45) is 0. The van der Waals surface area contributed by atoms with E-state index in [0.29, 0.717) is 15.7 Å². The minimum atomic E-state index is -0.913. The molecular weight excluding hydrogens is 352 g/mol. The van der Waals surface area contributed by atoms with Crippen molar-refractivity contribution in [2.75, 3.05) is 5.32 Å². The fourth-order valence-corrected chi connectivity index (χ4v) is 2.40. The molecule has 6 heteroatoms. The van der Waals surface area contributed by atoms with Gasteiger partial charge in [0.2, 0.25) is 5.91 Å². The second kappa shape index (κ2) is 7.37. The van der Waals surface area contributed by atoms with E-state index in [2.05, 4.69) is 5.32 Å². The molecule has 0 spiro atoms. The minimum Gasteiger partial charge on any atom is -0.325 e. The second-order valence-electron chi connectivity index (χ2n) is 4.35. The molecule has 0 unspecified atom stereocenters. The van der Waals surface area contributed by atoms with E-state index in [1.54, 1.807) is 48.5 Å². The molecule has 21 heavy (non-hydrogen) atoms. The number of hydrogen-bond donors (Lipinski definition) is 1. The smallest absolute Gasteiger partial charge is 0.244 e. The lowest BCUT2D eigenvalue weighted by molar-refractivity contribution is -0.115. The van der Waals surface area contributed by atoms with Crippen LogP contribution in [0.1, 0.15) is 10.9 Å². The first-order valence-corrected chi connectivity index (χ1v) is 7.70. The number of nitrogens with one attached hydrogen (secondary N) is 1. The molecule has 1 amide bonds. The third-order valence-corrected chi connectivity index (χ3v) is 4.39. The average molecular weight is 363 g/mol. The maximum atomic E-state index is 12.1. The highest BCUT2D eigenvalue weighted by Crippen LogP contribution is 2.30. The normalized spacial score (nSPS) is 13.5. The molecule has 0 fully saturated rings. The third-order valence-electron chi connectivity index (χ3n) is 2.81. The third kappa shape index (κ3) is 4.52. The van der Waals surface area contributed by atoms with E-state index in [-0.39, 0.29) is 5.91 Å². The average Bonchev–Trinajstić information content (AvgIpc) is 2.49. The van der Waals surface area contributed by atoms with E-state index >= 15 is 0 Å². The predicted molar refractivity (Wildman–Crippen MR) is 89.8 cm³/mol. The largest absolute Gasteiger partial charge is 0.325 e. The van der Waals surface area contributed by atoms with Crippen molar-refractivity contribution in [2.45, 2.75) is 10.8 Å². The minimum absolute atomic E-state index is 0.381. The van der Waals surface area contributed by atoms with Crippen LogP contribution in [0.2, 0.25) is 10.0 Å². The lowest BCUT2D eigenvalue weighted by Crippen LogP contribution is -2.26. The quantitative estimate of drug-likeness (QED) is 0.713. The first kappa shape index (κ1) is 16.4. The molecule has 0 aliphatic rings. The number of carbonyl (C=O) groups excluding carboxylic acids is 1. The zero-order chi connectivity index (χ0) is 15.4. The van der Waals surface area contributed by atoms with Crippen LogP contribution in [0.5, 0.6) is 0 Å². The summed E-state index contributed by atoms with van der Waals surface area (Å²) in [5.41, 5.74) is 1.34. The molecule has 0 bridgehead atoms. The Bertz CT molecular complexity index is 613. The fourth-order valence-electron chi connectivity index (χ4n) is 1.69. The molecule has 0 radical (unpaired) electrons. The highest BCUT2D eigenvalue weighted by Gasteiger charge is 2.26. The summed E-state index contributed by atoms with van der Waals surface area (Å²) in [5, 5.41) is 2.31. The zero-order valence-electron chi connectivity index (χ0n) is 10.7. The van der Waals surface area contributed by atoms with E-state index in [1.807, 2.05) is 0 Å². The summed E-state index contributed by atoms with van der Waals surface area (Å²) in [6, 6.07) is 13.6. The molecule has 2 atom stereocenters. The Labute approximate surface area is 143 Å². The highest BCUT2D eigenvalue weighted by molar-refractivity contribution is 6.38. The van der Waals surface area contributed by atoms with Gasteiger partial charge in [-0.1, -0.05) is 35.3 Å². The number of benzene rings is 2. The van der Waals surface area contributed by atoms with Gasteiger partial charge in [0, 0.05) is 15.7 Å². The Kier molecular flexibility index (Phi) is 5.77. The van der Waals surface area contributed by atoms with Crippen LogP contribution in [0, 0.1) is 0 Å². The monoisotopic (exact) mass is 361 g/mol. The number of carbonyl (C=O) groups is 1. The molecule has 2 nitrogen and oxygen atoms in total. The van der Waals surface area contributed by atoms with Gasteiger partial charge in [-0.2, -0.15) is 0 Å². The summed E-state index contributed by atoms with van der Waals surface area (Å²) in [7, 11) is 0. The van der Waals surface area contributed by atoms with Gasteiger partial charge in [0.1, 0.15) is 5.38 Å². The zero-order valence-corrected chi connectivity index (χ0v) is 13.7. The van der Waals surface area contributed by atoms with Gasteiger partial charge in [0.05, 0.1) is 5.38 Å². The SMILES string of the molecule is O=C(Nc1ccc(Cl)cc1)[C@@H](Cl)[C@H](Cl)c1ccc(Cl)cc1. The van der Waals surface area contributed by atoms with Crippen LogP contribution in [0.15, 0.2) is 48.5 Å². The van der Waals surface area contributed by atoms with Crippen LogP contribution in [-0.2, 0) is 4.79 Å². The van der Waals surface area contributed by atoms with Gasteiger partial charge in [-0.05, 0) is 42.0 Å². The van der Waals surface area contributed by atoms with Crippen molar-refractivity contribution in [3.8, 4) is 0 Å². The molecule has 0 saturated carbocycles. The molecule has 0 heterocycles. The first-order chi connectivity index (χ1) is 9.97. The first-order valence-electron chi connectivity index (χ1n) is 6.07. The van der Waals surface area contributed by atoms with Crippen molar-refractivity contribution < 1.29 is 4.79 Å². The summed E-state index contributed by atoms with van der Waals surface area (Å²) in [4.78, 5) is 12.1. The van der Waals surface area contributed by atoms with E-state index in [4.69, 9.17) is 46.4 Å². The predicted octanol–water partition coefficient (Wildman–Crippen LogP) is 5.52. The number of anilines is 1. The van der Waals surface area contributed by atoms with Gasteiger partial charge in [-0.3, -0.25) is 4.79 Å². The summed E-state index contributed by atoms with van der Waals surface area (Å²) < 4.78 is 0. The van der Waals surface area contributed by atoms with Crippen LogP contribution in [0.4, 0.5) is 5.69 Å². The number of amides is 1. The molecule has 0 aromatic heterocycles. The molecule has 110 valence electrons. The number of hydrogen-bond acceptors (Lipinski definition) is 1. The molecular formula is C15H11Cl4NO. The lowest BCUT2D eigenvalue weighted by atomic mass is 10.1. The van der Waals surface area contributed by atoms with Crippen molar-refractivity contribution in [1.29, 1.82) is 0 Å². The molecule has 1 N–H and O–H groups in total. The number of alkyl halides is 2. The molecule has 0 aliphatic heterocycles. The maximum absolute atomic E-state index is 12.1. The van der Waals surface area contributed by atoms with Crippen molar-refractivity contribution in [3.63, 3.8) is 0 Å². The number of halogens is 4. The Morgan fingerprint density at radius 1 is 0.857 bits per heavy atom. The van der Waals surface area contributed by atoms with Gasteiger partial charge in [0.25, 0.3) is 0 Å². The van der Waals surface area contributed by atoms with E-state index in [1.165, 1.54) is 0 Å². The molecule has 2 rings (SSSR count). The summed E-state index contributed by atoms with van der Waals surface area (Å²) in [5.74, 6) is -0.381.